The van der Waals surface area contributed by atoms with E-state index in [4.69, 9.17) is 10.3 Å². The summed E-state index contributed by atoms with van der Waals surface area (Å²) in [6.07, 6.45) is 6.59. The number of halogens is 1. The van der Waals surface area contributed by atoms with E-state index < -0.39 is 0 Å². The number of hydrogen-bond acceptors (Lipinski definition) is 3. The van der Waals surface area contributed by atoms with Gasteiger partial charge in [-0.1, -0.05) is 45.2 Å². The summed E-state index contributed by atoms with van der Waals surface area (Å²) in [6, 6.07) is 0. The fraction of sp³-hybridized carbons (Fsp3) is 0.733. The molecule has 0 spiro atoms. The molecule has 0 bridgehead atoms. The molecule has 0 aliphatic heterocycles. The van der Waals surface area contributed by atoms with Crippen molar-refractivity contribution in [3.05, 3.63) is 17.0 Å². The highest BCUT2D eigenvalue weighted by Gasteiger charge is 2.12. The molecule has 0 saturated heterocycles. The monoisotopic (exact) mass is 408 g/mol. The lowest BCUT2D eigenvalue weighted by Gasteiger charge is -2.05. The summed E-state index contributed by atoms with van der Waals surface area (Å²) in [7, 11) is 0. The molecule has 1 rings (SSSR count). The van der Waals surface area contributed by atoms with Gasteiger partial charge < -0.3 is 15.6 Å². The molecule has 0 fully saturated rings. The molecule has 0 amide bonds. The standard InChI is InChI=1S/C15H28N4O.HI/c1-4-7-8-9-10-17-15(16)18-11-12-13(5-2)19-20-14(12)6-3;/h4-11H2,1-3H3,(H3,16,17,18);1H. The van der Waals surface area contributed by atoms with Crippen LogP contribution in [0, 0.1) is 0 Å². The fourth-order valence-corrected chi connectivity index (χ4v) is 2.10. The maximum Gasteiger partial charge on any atom is 0.188 e. The third-order valence-electron chi connectivity index (χ3n) is 3.35. The number of aryl methyl sites for hydroxylation is 2. The minimum absolute atomic E-state index is 0. The normalized spacial score (nSPS) is 11.3. The van der Waals surface area contributed by atoms with E-state index in [0.29, 0.717) is 12.5 Å². The molecule has 0 unspecified atom stereocenters. The van der Waals surface area contributed by atoms with Crippen LogP contribution in [0.2, 0.25) is 0 Å². The zero-order valence-electron chi connectivity index (χ0n) is 13.4. The van der Waals surface area contributed by atoms with Gasteiger partial charge in [0, 0.05) is 18.5 Å². The van der Waals surface area contributed by atoms with Crippen LogP contribution in [-0.4, -0.2) is 17.7 Å². The predicted octanol–water partition coefficient (Wildman–Crippen LogP) is 3.40. The Morgan fingerprint density at radius 3 is 2.57 bits per heavy atom. The van der Waals surface area contributed by atoms with Gasteiger partial charge in [-0.3, -0.25) is 0 Å². The highest BCUT2D eigenvalue weighted by molar-refractivity contribution is 14.0. The summed E-state index contributed by atoms with van der Waals surface area (Å²) >= 11 is 0. The van der Waals surface area contributed by atoms with Crippen molar-refractivity contribution in [3.63, 3.8) is 0 Å². The lowest BCUT2D eigenvalue weighted by molar-refractivity contribution is 0.380. The second-order valence-corrected chi connectivity index (χ2v) is 4.93. The number of nitrogens with two attached hydrogens (primary N) is 1. The Hall–Kier alpha value is -0.790. The zero-order valence-corrected chi connectivity index (χ0v) is 15.8. The molecule has 6 heteroatoms. The molecule has 0 aromatic carbocycles. The second kappa shape index (κ2) is 11.8. The minimum Gasteiger partial charge on any atom is -0.370 e. The summed E-state index contributed by atoms with van der Waals surface area (Å²) in [6.45, 7) is 7.77. The molecule has 0 saturated carbocycles. The molecule has 1 aromatic rings. The van der Waals surface area contributed by atoms with Crippen molar-refractivity contribution < 1.29 is 4.52 Å². The first kappa shape index (κ1) is 20.2. The Morgan fingerprint density at radius 1 is 1.19 bits per heavy atom. The maximum atomic E-state index is 5.88. The largest absolute Gasteiger partial charge is 0.370 e. The van der Waals surface area contributed by atoms with Gasteiger partial charge in [-0.15, -0.1) is 24.0 Å². The molecule has 1 aromatic heterocycles. The molecule has 1 heterocycles. The lowest BCUT2D eigenvalue weighted by atomic mass is 10.1. The van der Waals surface area contributed by atoms with Crippen molar-refractivity contribution in [3.8, 4) is 0 Å². The Labute approximate surface area is 145 Å². The van der Waals surface area contributed by atoms with Gasteiger partial charge >= 0.3 is 0 Å². The quantitative estimate of drug-likeness (QED) is 0.284. The summed E-state index contributed by atoms with van der Waals surface area (Å²) in [5, 5.41) is 7.23. The second-order valence-electron chi connectivity index (χ2n) is 4.93. The summed E-state index contributed by atoms with van der Waals surface area (Å²) < 4.78 is 5.31. The molecule has 0 aliphatic rings. The smallest absolute Gasteiger partial charge is 0.188 e. The number of unbranched alkanes of at least 4 members (excludes halogenated alkanes) is 3. The summed E-state index contributed by atoms with van der Waals surface area (Å²) in [5.74, 6) is 1.42. The van der Waals surface area contributed by atoms with Crippen LogP contribution in [0.5, 0.6) is 0 Å². The van der Waals surface area contributed by atoms with E-state index in [1.807, 2.05) is 0 Å². The fourth-order valence-electron chi connectivity index (χ4n) is 2.10. The van der Waals surface area contributed by atoms with Crippen LogP contribution < -0.4 is 11.1 Å². The maximum absolute atomic E-state index is 5.88. The van der Waals surface area contributed by atoms with Gasteiger partial charge in [0.1, 0.15) is 5.76 Å². The predicted molar refractivity (Wildman–Crippen MR) is 98.1 cm³/mol. The van der Waals surface area contributed by atoms with Crippen molar-refractivity contribution in [1.82, 2.24) is 10.5 Å². The molecule has 3 N–H and O–H groups in total. The minimum atomic E-state index is 0. The highest BCUT2D eigenvalue weighted by atomic mass is 127. The van der Waals surface area contributed by atoms with E-state index in [1.54, 1.807) is 0 Å². The average Bonchev–Trinajstić information content (AvgIpc) is 2.86. The Kier molecular flexibility index (Phi) is 11.4. The molecule has 122 valence electrons. The number of aromatic nitrogens is 1. The highest BCUT2D eigenvalue weighted by Crippen LogP contribution is 2.16. The number of rotatable bonds is 9. The number of aliphatic imine (C=N–C) groups is 1. The van der Waals surface area contributed by atoms with Crippen LogP contribution in [0.1, 0.15) is 63.5 Å². The SMILES string of the molecule is CCCCCCNC(N)=NCc1c(CC)noc1CC.I. The van der Waals surface area contributed by atoms with Crippen molar-refractivity contribution in [2.24, 2.45) is 10.7 Å². The van der Waals surface area contributed by atoms with Crippen LogP contribution in [0.4, 0.5) is 0 Å². The van der Waals surface area contributed by atoms with Crippen molar-refractivity contribution >= 4 is 29.9 Å². The van der Waals surface area contributed by atoms with Crippen LogP contribution >= 0.6 is 24.0 Å². The number of nitrogens with one attached hydrogen (secondary N) is 1. The van der Waals surface area contributed by atoms with E-state index >= 15 is 0 Å². The number of hydrogen-bond donors (Lipinski definition) is 2. The molecular weight excluding hydrogens is 379 g/mol. The summed E-state index contributed by atoms with van der Waals surface area (Å²) in [5.41, 5.74) is 7.95. The van der Waals surface area contributed by atoms with Gasteiger partial charge in [-0.25, -0.2) is 4.99 Å². The zero-order chi connectivity index (χ0) is 14.8. The van der Waals surface area contributed by atoms with Crippen LogP contribution in [0.15, 0.2) is 9.52 Å². The first-order valence-corrected chi connectivity index (χ1v) is 7.72. The first-order chi connectivity index (χ1) is 9.72. The van der Waals surface area contributed by atoms with Crippen molar-refractivity contribution in [1.29, 1.82) is 0 Å². The van der Waals surface area contributed by atoms with Gasteiger partial charge in [0.15, 0.2) is 5.96 Å². The third kappa shape index (κ3) is 7.15. The number of guanidine groups is 1. The van der Waals surface area contributed by atoms with Crippen molar-refractivity contribution in [2.45, 2.75) is 65.8 Å². The molecule has 0 atom stereocenters. The van der Waals surface area contributed by atoms with Gasteiger partial charge in [0.2, 0.25) is 0 Å². The van der Waals surface area contributed by atoms with Crippen LogP contribution in [0.3, 0.4) is 0 Å². The molecule has 21 heavy (non-hydrogen) atoms. The van der Waals surface area contributed by atoms with Crippen molar-refractivity contribution in [2.75, 3.05) is 6.54 Å². The van der Waals surface area contributed by atoms with E-state index in [2.05, 4.69) is 36.2 Å². The molecule has 0 aliphatic carbocycles. The Bertz CT molecular complexity index is 396. The Balaban J connectivity index is 0.00000400. The Morgan fingerprint density at radius 2 is 1.95 bits per heavy atom. The van der Waals surface area contributed by atoms with Crippen LogP contribution in [-0.2, 0) is 19.4 Å². The number of nitrogens with zero attached hydrogens (tertiary/aromatic N) is 2. The third-order valence-corrected chi connectivity index (χ3v) is 3.35. The molecular formula is C15H29IN4O. The topological polar surface area (TPSA) is 76.4 Å². The van der Waals surface area contributed by atoms with Gasteiger partial charge in [0.25, 0.3) is 0 Å². The molecule has 0 radical (unpaired) electrons. The average molecular weight is 408 g/mol. The van der Waals surface area contributed by atoms with Gasteiger partial charge in [-0.2, -0.15) is 0 Å². The molecule has 5 nitrogen and oxygen atoms in total. The van der Waals surface area contributed by atoms with Gasteiger partial charge in [-0.05, 0) is 12.8 Å². The van der Waals surface area contributed by atoms with E-state index in [0.717, 1.165) is 42.8 Å². The summed E-state index contributed by atoms with van der Waals surface area (Å²) in [4.78, 5) is 4.38. The van der Waals surface area contributed by atoms with E-state index in [9.17, 15) is 0 Å². The van der Waals surface area contributed by atoms with E-state index in [-0.39, 0.29) is 24.0 Å². The lowest BCUT2D eigenvalue weighted by Crippen LogP contribution is -2.32. The van der Waals surface area contributed by atoms with Crippen LogP contribution in [0.25, 0.3) is 0 Å². The van der Waals surface area contributed by atoms with E-state index in [1.165, 1.54) is 19.3 Å². The van der Waals surface area contributed by atoms with Gasteiger partial charge in [0.05, 0.1) is 12.2 Å². The first-order valence-electron chi connectivity index (χ1n) is 7.72.